The van der Waals surface area contributed by atoms with Gasteiger partial charge in [0.25, 0.3) is 5.91 Å². The minimum atomic E-state index is -0.208. The van der Waals surface area contributed by atoms with Crippen molar-refractivity contribution in [3.05, 3.63) is 46.7 Å². The Bertz CT molecular complexity index is 832. The zero-order valence-electron chi connectivity index (χ0n) is 12.9. The molecular weight excluding hydrogens is 280 g/mol. The molecule has 2 N–H and O–H groups in total. The van der Waals surface area contributed by atoms with Crippen LogP contribution in [0.25, 0.3) is 11.0 Å². The second kappa shape index (κ2) is 5.63. The molecule has 0 bridgehead atoms. The van der Waals surface area contributed by atoms with Crippen molar-refractivity contribution in [1.82, 2.24) is 20.5 Å². The number of hydrogen-bond acceptors (Lipinski definition) is 4. The quantitative estimate of drug-likeness (QED) is 0.775. The third kappa shape index (κ3) is 2.59. The number of carbonyl (C=O) groups is 1. The minimum absolute atomic E-state index is 0.208. The fourth-order valence-electron chi connectivity index (χ4n) is 2.47. The number of para-hydroxylation sites is 1. The second-order valence-electron chi connectivity index (χ2n) is 5.35. The van der Waals surface area contributed by atoms with E-state index in [9.17, 15) is 4.79 Å². The monoisotopic (exact) mass is 298 g/mol. The number of aromatic amines is 1. The molecule has 0 fully saturated rings. The molecule has 0 radical (unpaired) electrons. The molecular formula is C16H18N4O2. The SMILES string of the molecule is Cc1nc(CCNC(=O)c2oc3c(C)cccc3c2C)n[nH]1. The summed E-state index contributed by atoms with van der Waals surface area (Å²) in [5.74, 6) is 1.62. The van der Waals surface area contributed by atoms with Crippen LogP contribution < -0.4 is 5.32 Å². The lowest BCUT2D eigenvalue weighted by molar-refractivity contribution is 0.0927. The van der Waals surface area contributed by atoms with Gasteiger partial charge in [0.2, 0.25) is 0 Å². The summed E-state index contributed by atoms with van der Waals surface area (Å²) in [4.78, 5) is 16.5. The van der Waals surface area contributed by atoms with Crippen molar-refractivity contribution < 1.29 is 9.21 Å². The van der Waals surface area contributed by atoms with Crippen molar-refractivity contribution in [2.45, 2.75) is 27.2 Å². The average Bonchev–Trinajstić information content (AvgIpc) is 3.04. The van der Waals surface area contributed by atoms with Crippen molar-refractivity contribution in [1.29, 1.82) is 0 Å². The van der Waals surface area contributed by atoms with E-state index in [0.29, 0.717) is 24.6 Å². The number of H-pyrrole nitrogens is 1. The van der Waals surface area contributed by atoms with Gasteiger partial charge >= 0.3 is 0 Å². The Balaban J connectivity index is 1.72. The number of fused-ring (bicyclic) bond motifs is 1. The number of rotatable bonds is 4. The van der Waals surface area contributed by atoms with Gasteiger partial charge in [-0.1, -0.05) is 18.2 Å². The van der Waals surface area contributed by atoms with E-state index in [-0.39, 0.29) is 5.91 Å². The molecule has 0 aliphatic heterocycles. The van der Waals surface area contributed by atoms with Crippen LogP contribution in [0, 0.1) is 20.8 Å². The highest BCUT2D eigenvalue weighted by Crippen LogP contribution is 2.27. The van der Waals surface area contributed by atoms with Gasteiger partial charge in [0.1, 0.15) is 11.4 Å². The Labute approximate surface area is 127 Å². The Morgan fingerprint density at radius 3 is 2.82 bits per heavy atom. The van der Waals surface area contributed by atoms with E-state index in [1.54, 1.807) is 0 Å². The highest BCUT2D eigenvalue weighted by molar-refractivity contribution is 5.99. The van der Waals surface area contributed by atoms with E-state index < -0.39 is 0 Å². The third-order valence-corrected chi connectivity index (χ3v) is 3.64. The molecule has 2 aromatic heterocycles. The van der Waals surface area contributed by atoms with Crippen molar-refractivity contribution in [2.75, 3.05) is 6.54 Å². The zero-order chi connectivity index (χ0) is 15.7. The molecule has 0 unspecified atom stereocenters. The number of benzene rings is 1. The first-order valence-corrected chi connectivity index (χ1v) is 7.21. The lowest BCUT2D eigenvalue weighted by Crippen LogP contribution is -2.26. The average molecular weight is 298 g/mol. The Morgan fingerprint density at radius 1 is 1.32 bits per heavy atom. The molecule has 0 spiro atoms. The molecule has 0 aliphatic rings. The molecule has 0 saturated heterocycles. The lowest BCUT2D eigenvalue weighted by atomic mass is 10.1. The number of nitrogens with zero attached hydrogens (tertiary/aromatic N) is 2. The van der Waals surface area contributed by atoms with Gasteiger partial charge in [-0.3, -0.25) is 9.89 Å². The summed E-state index contributed by atoms with van der Waals surface area (Å²) in [5.41, 5.74) is 2.66. The van der Waals surface area contributed by atoms with Gasteiger partial charge in [0.05, 0.1) is 0 Å². The first-order valence-electron chi connectivity index (χ1n) is 7.21. The van der Waals surface area contributed by atoms with Gasteiger partial charge in [-0.25, -0.2) is 4.98 Å². The fourth-order valence-corrected chi connectivity index (χ4v) is 2.47. The molecule has 2 heterocycles. The van der Waals surface area contributed by atoms with E-state index in [1.807, 2.05) is 39.0 Å². The maximum atomic E-state index is 12.3. The largest absolute Gasteiger partial charge is 0.450 e. The van der Waals surface area contributed by atoms with Gasteiger partial charge in [-0.2, -0.15) is 5.10 Å². The van der Waals surface area contributed by atoms with Crippen molar-refractivity contribution in [2.24, 2.45) is 0 Å². The molecule has 1 amide bonds. The summed E-state index contributed by atoms with van der Waals surface area (Å²) < 4.78 is 5.75. The summed E-state index contributed by atoms with van der Waals surface area (Å²) in [5, 5.41) is 10.7. The maximum Gasteiger partial charge on any atom is 0.287 e. The Hall–Kier alpha value is -2.63. The molecule has 1 aromatic carbocycles. The molecule has 0 atom stereocenters. The maximum absolute atomic E-state index is 12.3. The molecule has 6 nitrogen and oxygen atoms in total. The van der Waals surface area contributed by atoms with E-state index in [0.717, 1.165) is 27.9 Å². The second-order valence-corrected chi connectivity index (χ2v) is 5.35. The summed E-state index contributed by atoms with van der Waals surface area (Å²) >= 11 is 0. The fraction of sp³-hybridized carbons (Fsp3) is 0.312. The van der Waals surface area contributed by atoms with Crippen LogP contribution in [-0.4, -0.2) is 27.6 Å². The molecule has 6 heteroatoms. The van der Waals surface area contributed by atoms with Crippen LogP contribution in [0.4, 0.5) is 0 Å². The van der Waals surface area contributed by atoms with Crippen LogP contribution in [0.15, 0.2) is 22.6 Å². The number of carbonyl (C=O) groups excluding carboxylic acids is 1. The first kappa shape index (κ1) is 14.3. The summed E-state index contributed by atoms with van der Waals surface area (Å²) in [7, 11) is 0. The number of aromatic nitrogens is 3. The van der Waals surface area contributed by atoms with Gasteiger partial charge < -0.3 is 9.73 Å². The third-order valence-electron chi connectivity index (χ3n) is 3.64. The predicted molar refractivity (Wildman–Crippen MR) is 82.8 cm³/mol. The topological polar surface area (TPSA) is 83.8 Å². The number of aryl methyl sites for hydroxylation is 3. The van der Waals surface area contributed by atoms with Crippen molar-refractivity contribution in [3.8, 4) is 0 Å². The number of hydrogen-bond donors (Lipinski definition) is 2. The minimum Gasteiger partial charge on any atom is -0.450 e. The highest BCUT2D eigenvalue weighted by atomic mass is 16.3. The van der Waals surface area contributed by atoms with Gasteiger partial charge in [-0.05, 0) is 26.3 Å². The zero-order valence-corrected chi connectivity index (χ0v) is 12.9. The van der Waals surface area contributed by atoms with Crippen LogP contribution in [-0.2, 0) is 6.42 Å². The first-order chi connectivity index (χ1) is 10.6. The van der Waals surface area contributed by atoms with E-state index in [2.05, 4.69) is 20.5 Å². The normalized spacial score (nSPS) is 11.0. The van der Waals surface area contributed by atoms with Crippen molar-refractivity contribution >= 4 is 16.9 Å². The van der Waals surface area contributed by atoms with E-state index in [1.165, 1.54) is 0 Å². The molecule has 3 aromatic rings. The number of furan rings is 1. The standard InChI is InChI=1S/C16H18N4O2/c1-9-5-4-6-12-10(2)15(22-14(9)12)16(21)17-8-7-13-18-11(3)19-20-13/h4-6H,7-8H2,1-3H3,(H,17,21)(H,18,19,20). The van der Waals surface area contributed by atoms with Crippen LogP contribution >= 0.6 is 0 Å². The van der Waals surface area contributed by atoms with E-state index in [4.69, 9.17) is 4.42 Å². The van der Waals surface area contributed by atoms with Gasteiger partial charge in [0, 0.05) is 23.9 Å². The molecule has 22 heavy (non-hydrogen) atoms. The summed E-state index contributed by atoms with van der Waals surface area (Å²) in [6.45, 7) is 6.18. The van der Waals surface area contributed by atoms with E-state index >= 15 is 0 Å². The predicted octanol–water partition coefficient (Wildman–Crippen LogP) is 2.45. The molecule has 3 rings (SSSR count). The smallest absolute Gasteiger partial charge is 0.287 e. The summed E-state index contributed by atoms with van der Waals surface area (Å²) in [6.07, 6.45) is 0.578. The van der Waals surface area contributed by atoms with Crippen LogP contribution in [0.2, 0.25) is 0 Å². The van der Waals surface area contributed by atoms with Crippen LogP contribution in [0.5, 0.6) is 0 Å². The molecule has 114 valence electrons. The highest BCUT2D eigenvalue weighted by Gasteiger charge is 2.18. The summed E-state index contributed by atoms with van der Waals surface area (Å²) in [6, 6.07) is 5.90. The van der Waals surface area contributed by atoms with Gasteiger partial charge in [-0.15, -0.1) is 0 Å². The molecule has 0 saturated carbocycles. The van der Waals surface area contributed by atoms with Crippen LogP contribution in [0.1, 0.15) is 33.3 Å². The lowest BCUT2D eigenvalue weighted by Gasteiger charge is -2.01. The van der Waals surface area contributed by atoms with Crippen molar-refractivity contribution in [3.63, 3.8) is 0 Å². The van der Waals surface area contributed by atoms with Gasteiger partial charge in [0.15, 0.2) is 11.6 Å². The number of amides is 1. The Morgan fingerprint density at radius 2 is 2.14 bits per heavy atom. The molecule has 0 aliphatic carbocycles. The van der Waals surface area contributed by atoms with Crippen LogP contribution in [0.3, 0.4) is 0 Å². The number of nitrogens with one attached hydrogen (secondary N) is 2. The Kier molecular flexibility index (Phi) is 3.66.